The molecule has 0 amide bonds. The van der Waals surface area contributed by atoms with Gasteiger partial charge in [-0.3, -0.25) is 0 Å². The molecule has 0 aliphatic heterocycles. The zero-order chi connectivity index (χ0) is 14.7. The zero-order valence-electron chi connectivity index (χ0n) is 10.5. The lowest BCUT2D eigenvalue weighted by atomic mass is 10.3. The van der Waals surface area contributed by atoms with Gasteiger partial charge >= 0.3 is 5.97 Å². The van der Waals surface area contributed by atoms with E-state index in [1.165, 1.54) is 4.68 Å². The molecule has 20 heavy (non-hydrogen) atoms. The van der Waals surface area contributed by atoms with Crippen LogP contribution < -0.4 is 0 Å². The summed E-state index contributed by atoms with van der Waals surface area (Å²) >= 11 is 12.0. The van der Waals surface area contributed by atoms with Crippen LogP contribution in [0.15, 0.2) is 18.2 Å². The minimum absolute atomic E-state index is 0.0635. The summed E-state index contributed by atoms with van der Waals surface area (Å²) in [7, 11) is 0. The van der Waals surface area contributed by atoms with E-state index in [2.05, 4.69) is 10.3 Å². The van der Waals surface area contributed by atoms with E-state index in [1.807, 2.05) is 0 Å². The fraction of sp³-hybridized carbons (Fsp3) is 0.250. The standard InChI is InChI=1S/C12H11Cl2N3O3/c1-2-20-6-10-11(12(18)19)15-16-17(10)9-5-7(13)3-4-8(9)14/h3-5H,2,6H2,1H3,(H,18,19). The van der Waals surface area contributed by atoms with E-state index in [0.717, 1.165) is 0 Å². The largest absolute Gasteiger partial charge is 0.476 e. The van der Waals surface area contributed by atoms with Gasteiger partial charge in [-0.2, -0.15) is 0 Å². The number of aromatic nitrogens is 3. The number of rotatable bonds is 5. The molecule has 2 rings (SSSR count). The first-order chi connectivity index (χ1) is 9.54. The summed E-state index contributed by atoms with van der Waals surface area (Å²) in [5.74, 6) is -1.18. The van der Waals surface area contributed by atoms with Crippen LogP contribution in [0.2, 0.25) is 10.0 Å². The molecule has 106 valence electrons. The summed E-state index contributed by atoms with van der Waals surface area (Å²) in [4.78, 5) is 11.2. The third-order valence-corrected chi connectivity index (χ3v) is 3.10. The smallest absolute Gasteiger partial charge is 0.358 e. The van der Waals surface area contributed by atoms with Crippen molar-refractivity contribution < 1.29 is 14.6 Å². The molecule has 8 heteroatoms. The van der Waals surface area contributed by atoms with E-state index in [4.69, 9.17) is 33.0 Å². The van der Waals surface area contributed by atoms with Crippen LogP contribution in [0.1, 0.15) is 23.1 Å². The highest BCUT2D eigenvalue weighted by Gasteiger charge is 2.21. The molecule has 1 aromatic heterocycles. The van der Waals surface area contributed by atoms with Crippen molar-refractivity contribution in [1.82, 2.24) is 15.0 Å². The lowest BCUT2D eigenvalue weighted by molar-refractivity contribution is 0.0681. The first kappa shape index (κ1) is 14.8. The van der Waals surface area contributed by atoms with Crippen LogP contribution >= 0.6 is 23.2 Å². The van der Waals surface area contributed by atoms with Crippen molar-refractivity contribution in [2.45, 2.75) is 13.5 Å². The molecule has 2 aromatic rings. The van der Waals surface area contributed by atoms with Gasteiger partial charge < -0.3 is 9.84 Å². The second kappa shape index (κ2) is 6.21. The SMILES string of the molecule is CCOCc1c(C(=O)O)nnn1-c1cc(Cl)ccc1Cl. The molecule has 0 fully saturated rings. The van der Waals surface area contributed by atoms with Crippen LogP contribution in [0.3, 0.4) is 0 Å². The van der Waals surface area contributed by atoms with Crippen LogP contribution in [-0.2, 0) is 11.3 Å². The van der Waals surface area contributed by atoms with Crippen LogP contribution in [0.25, 0.3) is 5.69 Å². The van der Waals surface area contributed by atoms with E-state index in [9.17, 15) is 4.79 Å². The number of carboxylic acid groups (broad SMARTS) is 1. The Labute approximate surface area is 124 Å². The molecule has 0 unspecified atom stereocenters. The number of benzene rings is 1. The molecule has 1 N–H and O–H groups in total. The fourth-order valence-corrected chi connectivity index (χ4v) is 2.00. The van der Waals surface area contributed by atoms with Crippen molar-refractivity contribution >= 4 is 29.2 Å². The predicted octanol–water partition coefficient (Wildman–Crippen LogP) is 2.81. The number of nitrogens with zero attached hydrogens (tertiary/aromatic N) is 3. The van der Waals surface area contributed by atoms with Crippen molar-refractivity contribution in [1.29, 1.82) is 0 Å². The van der Waals surface area contributed by atoms with E-state index >= 15 is 0 Å². The van der Waals surface area contributed by atoms with Crippen molar-refractivity contribution in [3.05, 3.63) is 39.6 Å². The van der Waals surface area contributed by atoms with Crippen molar-refractivity contribution in [2.24, 2.45) is 0 Å². The molecular formula is C12H11Cl2N3O3. The highest BCUT2D eigenvalue weighted by molar-refractivity contribution is 6.34. The Morgan fingerprint density at radius 1 is 1.45 bits per heavy atom. The van der Waals surface area contributed by atoms with Crippen LogP contribution in [-0.4, -0.2) is 32.7 Å². The Bertz CT molecular complexity index is 643. The minimum atomic E-state index is -1.18. The van der Waals surface area contributed by atoms with Crippen LogP contribution in [0.4, 0.5) is 0 Å². The highest BCUT2D eigenvalue weighted by atomic mass is 35.5. The number of halogens is 2. The summed E-state index contributed by atoms with van der Waals surface area (Å²) in [5, 5.41) is 17.4. The zero-order valence-corrected chi connectivity index (χ0v) is 12.0. The number of aromatic carboxylic acids is 1. The Morgan fingerprint density at radius 2 is 2.20 bits per heavy atom. The molecule has 1 aromatic carbocycles. The van der Waals surface area contributed by atoms with Gasteiger partial charge in [0, 0.05) is 11.6 Å². The van der Waals surface area contributed by atoms with Crippen molar-refractivity contribution in [3.8, 4) is 5.69 Å². The van der Waals surface area contributed by atoms with Crippen molar-refractivity contribution in [3.63, 3.8) is 0 Å². The molecule has 0 aliphatic rings. The lowest BCUT2D eigenvalue weighted by Crippen LogP contribution is -2.09. The average molecular weight is 316 g/mol. The lowest BCUT2D eigenvalue weighted by Gasteiger charge is -2.09. The topological polar surface area (TPSA) is 77.2 Å². The molecular weight excluding hydrogens is 305 g/mol. The minimum Gasteiger partial charge on any atom is -0.476 e. The van der Waals surface area contributed by atoms with Gasteiger partial charge in [0.25, 0.3) is 0 Å². The van der Waals surface area contributed by atoms with Crippen molar-refractivity contribution in [2.75, 3.05) is 6.61 Å². The molecule has 0 radical (unpaired) electrons. The quantitative estimate of drug-likeness (QED) is 0.918. The maximum absolute atomic E-state index is 11.2. The predicted molar refractivity (Wildman–Crippen MR) is 73.7 cm³/mol. The van der Waals surface area contributed by atoms with Crippen LogP contribution in [0.5, 0.6) is 0 Å². The van der Waals surface area contributed by atoms with E-state index in [1.54, 1.807) is 25.1 Å². The third kappa shape index (κ3) is 2.92. The van der Waals surface area contributed by atoms with Gasteiger partial charge in [-0.25, -0.2) is 9.48 Å². The fourth-order valence-electron chi connectivity index (χ4n) is 1.64. The molecule has 0 atom stereocenters. The number of hydrogen-bond donors (Lipinski definition) is 1. The normalized spacial score (nSPS) is 10.8. The number of hydrogen-bond acceptors (Lipinski definition) is 4. The summed E-state index contributed by atoms with van der Waals surface area (Å²) in [6, 6.07) is 4.82. The summed E-state index contributed by atoms with van der Waals surface area (Å²) in [6.07, 6.45) is 0. The number of carboxylic acids is 1. The van der Waals surface area contributed by atoms with Gasteiger partial charge in [0.2, 0.25) is 0 Å². The summed E-state index contributed by atoms with van der Waals surface area (Å²) in [5.41, 5.74) is 0.590. The molecule has 1 heterocycles. The Hall–Kier alpha value is -1.63. The van der Waals surface area contributed by atoms with Crippen LogP contribution in [0, 0.1) is 0 Å². The second-order valence-corrected chi connectivity index (χ2v) is 4.68. The maximum atomic E-state index is 11.2. The van der Waals surface area contributed by atoms with Gasteiger partial charge in [0.05, 0.1) is 17.3 Å². The van der Waals surface area contributed by atoms with Gasteiger partial charge in [-0.05, 0) is 25.1 Å². The molecule has 0 saturated heterocycles. The molecule has 0 aliphatic carbocycles. The molecule has 0 spiro atoms. The molecule has 6 nitrogen and oxygen atoms in total. The number of carbonyl (C=O) groups is 1. The monoisotopic (exact) mass is 315 g/mol. The first-order valence-electron chi connectivity index (χ1n) is 5.75. The average Bonchev–Trinajstić information content (AvgIpc) is 2.83. The van der Waals surface area contributed by atoms with Gasteiger partial charge in [0.1, 0.15) is 5.69 Å². The van der Waals surface area contributed by atoms with E-state index in [0.29, 0.717) is 28.0 Å². The van der Waals surface area contributed by atoms with Gasteiger partial charge in [0.15, 0.2) is 5.69 Å². The second-order valence-electron chi connectivity index (χ2n) is 3.83. The maximum Gasteiger partial charge on any atom is 0.358 e. The van der Waals surface area contributed by atoms with Gasteiger partial charge in [-0.15, -0.1) is 5.10 Å². The van der Waals surface area contributed by atoms with E-state index in [-0.39, 0.29) is 12.3 Å². The Morgan fingerprint density at radius 3 is 2.85 bits per heavy atom. The number of ether oxygens (including phenoxy) is 1. The Kier molecular flexibility index (Phi) is 4.59. The summed E-state index contributed by atoms with van der Waals surface area (Å²) in [6.45, 7) is 2.31. The van der Waals surface area contributed by atoms with E-state index < -0.39 is 5.97 Å². The summed E-state index contributed by atoms with van der Waals surface area (Å²) < 4.78 is 6.59. The van der Waals surface area contributed by atoms with Gasteiger partial charge in [-0.1, -0.05) is 28.4 Å². The molecule has 0 saturated carbocycles. The third-order valence-electron chi connectivity index (χ3n) is 2.55. The Balaban J connectivity index is 2.55. The molecule has 0 bridgehead atoms. The highest BCUT2D eigenvalue weighted by Crippen LogP contribution is 2.25. The first-order valence-corrected chi connectivity index (χ1v) is 6.51.